The molecule has 188 valence electrons. The van der Waals surface area contributed by atoms with Gasteiger partial charge in [-0.05, 0) is 18.4 Å². The van der Waals surface area contributed by atoms with Crippen molar-refractivity contribution in [3.63, 3.8) is 0 Å². The molecule has 2 aromatic rings. The highest BCUT2D eigenvalue weighted by Gasteiger charge is 2.43. The molecule has 1 amide bonds. The summed E-state index contributed by atoms with van der Waals surface area (Å²) >= 11 is 1.42. The molecule has 4 rings (SSSR count). The molecule has 0 bridgehead atoms. The highest BCUT2D eigenvalue weighted by molar-refractivity contribution is 8.16. The maximum Gasteiger partial charge on any atom is 0.338 e. The van der Waals surface area contributed by atoms with Gasteiger partial charge in [-0.1, -0.05) is 60.3 Å². The summed E-state index contributed by atoms with van der Waals surface area (Å²) < 4.78 is 16.3. The second kappa shape index (κ2) is 11.9. The van der Waals surface area contributed by atoms with Gasteiger partial charge in [0.25, 0.3) is 0 Å². The van der Waals surface area contributed by atoms with E-state index in [9.17, 15) is 9.59 Å². The van der Waals surface area contributed by atoms with Gasteiger partial charge in [-0.2, -0.15) is 0 Å². The average Bonchev–Trinajstić information content (AvgIpc) is 3.30. The summed E-state index contributed by atoms with van der Waals surface area (Å²) in [5, 5.41) is 5.45. The maximum atomic E-state index is 13.5. The Morgan fingerprint density at radius 3 is 2.56 bits per heavy atom. The number of benzene rings is 2. The van der Waals surface area contributed by atoms with Gasteiger partial charge in [0.05, 0.1) is 44.1 Å². The fraction of sp³-hybridized carbons (Fsp3) is 0.296. The first kappa shape index (κ1) is 25.5. The Hall–Kier alpha value is -3.56. The van der Waals surface area contributed by atoms with E-state index >= 15 is 0 Å². The van der Waals surface area contributed by atoms with E-state index < -0.39 is 12.0 Å². The summed E-state index contributed by atoms with van der Waals surface area (Å²) in [7, 11) is 3.19. The monoisotopic (exact) mass is 507 g/mol. The van der Waals surface area contributed by atoms with Crippen LogP contribution in [0.2, 0.25) is 0 Å². The molecule has 8 nitrogen and oxygen atoms in total. The number of carbonyl (C=O) groups excluding carboxylic acids is 2. The number of thioether (sulfide) groups is 1. The highest BCUT2D eigenvalue weighted by atomic mass is 32.2. The summed E-state index contributed by atoms with van der Waals surface area (Å²) in [6.45, 7) is 2.84. The molecule has 9 heteroatoms. The highest BCUT2D eigenvalue weighted by Crippen LogP contribution is 2.48. The molecule has 0 radical (unpaired) electrons. The van der Waals surface area contributed by atoms with Crippen molar-refractivity contribution in [2.45, 2.75) is 19.4 Å². The Morgan fingerprint density at radius 1 is 1.08 bits per heavy atom. The molecule has 2 aromatic carbocycles. The first-order chi connectivity index (χ1) is 17.6. The van der Waals surface area contributed by atoms with Crippen LogP contribution in [-0.4, -0.2) is 55.9 Å². The van der Waals surface area contributed by atoms with Crippen LogP contribution in [0.25, 0.3) is 5.70 Å². The lowest BCUT2D eigenvalue weighted by Crippen LogP contribution is -2.38. The fourth-order valence-corrected chi connectivity index (χ4v) is 5.11. The Bertz CT molecular complexity index is 1210. The van der Waals surface area contributed by atoms with Gasteiger partial charge < -0.3 is 24.4 Å². The summed E-state index contributed by atoms with van der Waals surface area (Å²) in [6.07, 6.45) is 0.123. The van der Waals surface area contributed by atoms with E-state index in [2.05, 4.69) is 5.32 Å². The third kappa shape index (κ3) is 5.32. The number of amidine groups is 1. The van der Waals surface area contributed by atoms with Crippen molar-refractivity contribution in [2.75, 3.05) is 34.0 Å². The van der Waals surface area contributed by atoms with E-state index in [1.165, 1.54) is 11.8 Å². The lowest BCUT2D eigenvalue weighted by Gasteiger charge is -2.37. The third-order valence-electron chi connectivity index (χ3n) is 5.76. The number of para-hydroxylation sites is 1. The van der Waals surface area contributed by atoms with Gasteiger partial charge in [0.1, 0.15) is 5.75 Å². The smallest absolute Gasteiger partial charge is 0.338 e. The van der Waals surface area contributed by atoms with Crippen molar-refractivity contribution >= 4 is 34.5 Å². The summed E-state index contributed by atoms with van der Waals surface area (Å²) in [5.41, 5.74) is 3.25. The zero-order chi connectivity index (χ0) is 25.5. The van der Waals surface area contributed by atoms with Crippen LogP contribution in [0.4, 0.5) is 0 Å². The first-order valence-electron chi connectivity index (χ1n) is 11.7. The number of esters is 1. The molecule has 1 atom stereocenters. The summed E-state index contributed by atoms with van der Waals surface area (Å²) in [6, 6.07) is 16.5. The quantitative estimate of drug-likeness (QED) is 0.382. The number of hydrogen-bond acceptors (Lipinski definition) is 8. The maximum absolute atomic E-state index is 13.5. The molecule has 0 aliphatic carbocycles. The predicted octanol–water partition coefficient (Wildman–Crippen LogP) is 4.12. The van der Waals surface area contributed by atoms with Crippen LogP contribution in [-0.2, 0) is 19.1 Å². The van der Waals surface area contributed by atoms with Crippen molar-refractivity contribution in [1.29, 1.82) is 0 Å². The molecular formula is C27H29N3O5S. The minimum atomic E-state index is -0.601. The van der Waals surface area contributed by atoms with Gasteiger partial charge in [0, 0.05) is 30.5 Å². The normalized spacial score (nSPS) is 16.8. The van der Waals surface area contributed by atoms with Gasteiger partial charge in [-0.25, -0.2) is 9.79 Å². The molecule has 0 unspecified atom stereocenters. The van der Waals surface area contributed by atoms with Crippen molar-refractivity contribution in [3.05, 3.63) is 82.4 Å². The Balaban J connectivity index is 1.85. The first-order valence-corrected chi connectivity index (χ1v) is 12.6. The molecule has 0 saturated heterocycles. The standard InChI is InChI=1S/C27H29N3O5S/c1-4-35-26(32)23-24(18-10-6-5-7-11-18)29-27-30(25(23)20-12-8-9-13-21(20)34-3)19(17-36-27)16-22(31)28-14-15-33-2/h5-13,17,25H,4,14-16H2,1-3H3,(H,28,31)/t25-/m1/s1. The Labute approximate surface area is 215 Å². The third-order valence-corrected chi connectivity index (χ3v) is 6.64. The largest absolute Gasteiger partial charge is 0.496 e. The predicted molar refractivity (Wildman–Crippen MR) is 140 cm³/mol. The second-order valence-corrected chi connectivity index (χ2v) is 8.84. The minimum Gasteiger partial charge on any atom is -0.496 e. The van der Waals surface area contributed by atoms with E-state index in [1.54, 1.807) is 21.1 Å². The molecule has 0 spiro atoms. The average molecular weight is 508 g/mol. The van der Waals surface area contributed by atoms with Crippen LogP contribution in [0, 0.1) is 0 Å². The number of nitrogens with one attached hydrogen (secondary N) is 1. The number of ether oxygens (including phenoxy) is 3. The van der Waals surface area contributed by atoms with E-state index in [4.69, 9.17) is 19.2 Å². The van der Waals surface area contributed by atoms with E-state index in [-0.39, 0.29) is 18.9 Å². The fourth-order valence-electron chi connectivity index (χ4n) is 4.19. The molecule has 36 heavy (non-hydrogen) atoms. The Morgan fingerprint density at radius 2 is 1.83 bits per heavy atom. The van der Waals surface area contributed by atoms with Crippen molar-refractivity contribution in [3.8, 4) is 5.75 Å². The van der Waals surface area contributed by atoms with Gasteiger partial charge in [-0.15, -0.1) is 0 Å². The van der Waals surface area contributed by atoms with Crippen LogP contribution < -0.4 is 10.1 Å². The van der Waals surface area contributed by atoms with Gasteiger partial charge >= 0.3 is 5.97 Å². The summed E-state index contributed by atoms with van der Waals surface area (Å²) in [4.78, 5) is 33.1. The van der Waals surface area contributed by atoms with Crippen LogP contribution in [0.3, 0.4) is 0 Å². The number of hydrogen-bond donors (Lipinski definition) is 1. The van der Waals surface area contributed by atoms with Crippen molar-refractivity contribution < 1.29 is 23.8 Å². The number of nitrogens with zero attached hydrogens (tertiary/aromatic N) is 2. The van der Waals surface area contributed by atoms with Crippen molar-refractivity contribution in [2.24, 2.45) is 4.99 Å². The molecule has 0 saturated carbocycles. The molecular weight excluding hydrogens is 478 g/mol. The molecule has 2 aliphatic rings. The topological polar surface area (TPSA) is 89.5 Å². The second-order valence-electron chi connectivity index (χ2n) is 8.00. The number of amides is 1. The molecule has 0 fully saturated rings. The van der Waals surface area contributed by atoms with Crippen LogP contribution in [0.15, 0.2) is 76.3 Å². The van der Waals surface area contributed by atoms with Gasteiger partial charge in [-0.3, -0.25) is 4.79 Å². The lowest BCUT2D eigenvalue weighted by molar-refractivity contribution is -0.139. The SMILES string of the molecule is CCOC(=O)C1=C(c2ccccc2)N=C2SC=C(CC(=O)NCCOC)N2[C@@H]1c1ccccc1OC. The number of carbonyl (C=O) groups is 2. The number of fused-ring (bicyclic) bond motifs is 1. The Kier molecular flexibility index (Phi) is 8.45. The molecule has 0 aromatic heterocycles. The number of aliphatic imine (C=N–C) groups is 1. The van der Waals surface area contributed by atoms with E-state index in [0.29, 0.717) is 35.3 Å². The molecule has 1 N–H and O–H groups in total. The molecule has 2 aliphatic heterocycles. The van der Waals surface area contributed by atoms with Gasteiger partial charge in [0.15, 0.2) is 5.17 Å². The number of methoxy groups -OCH3 is 2. The van der Waals surface area contributed by atoms with E-state index in [1.807, 2.05) is 64.9 Å². The van der Waals surface area contributed by atoms with Crippen LogP contribution in [0.5, 0.6) is 5.75 Å². The zero-order valence-electron chi connectivity index (χ0n) is 20.5. The lowest BCUT2D eigenvalue weighted by atomic mass is 9.91. The van der Waals surface area contributed by atoms with E-state index in [0.717, 1.165) is 16.8 Å². The number of rotatable bonds is 10. The summed E-state index contributed by atoms with van der Waals surface area (Å²) in [5.74, 6) is 0.0176. The zero-order valence-corrected chi connectivity index (χ0v) is 21.3. The van der Waals surface area contributed by atoms with Crippen molar-refractivity contribution in [1.82, 2.24) is 10.2 Å². The minimum absolute atomic E-state index is 0.123. The molecule has 2 heterocycles. The van der Waals surface area contributed by atoms with Crippen LogP contribution in [0.1, 0.15) is 30.5 Å². The van der Waals surface area contributed by atoms with Crippen LogP contribution >= 0.6 is 11.8 Å². The van der Waals surface area contributed by atoms with Gasteiger partial charge in [0.2, 0.25) is 5.91 Å².